The van der Waals surface area contributed by atoms with Crippen molar-refractivity contribution in [1.82, 2.24) is 0 Å². The van der Waals surface area contributed by atoms with Crippen LogP contribution in [0, 0.1) is 6.92 Å². The van der Waals surface area contributed by atoms with Gasteiger partial charge in [-0.1, -0.05) is 17.7 Å². The SMILES string of the molecule is COc1ccc(C2CC(c3c(O)ccc4c(C)cc(=O)oc34)=Nc3ccc(Cl)cc3S2)cc1OC. The highest BCUT2D eigenvalue weighted by Gasteiger charge is 2.27. The molecule has 35 heavy (non-hydrogen) atoms. The number of halogens is 1. The highest BCUT2D eigenvalue weighted by Crippen LogP contribution is 2.48. The smallest absolute Gasteiger partial charge is 0.336 e. The van der Waals surface area contributed by atoms with Crippen molar-refractivity contribution >= 4 is 45.7 Å². The molecule has 0 aliphatic carbocycles. The zero-order valence-electron chi connectivity index (χ0n) is 19.3. The van der Waals surface area contributed by atoms with Crippen LogP contribution in [-0.2, 0) is 0 Å². The third-order valence-corrected chi connectivity index (χ3v) is 7.53. The number of ether oxygens (including phenoxy) is 2. The molecule has 1 atom stereocenters. The van der Waals surface area contributed by atoms with Gasteiger partial charge in [-0.2, -0.15) is 0 Å². The van der Waals surface area contributed by atoms with Gasteiger partial charge in [0.05, 0.1) is 31.2 Å². The van der Waals surface area contributed by atoms with Crippen LogP contribution in [0.5, 0.6) is 17.2 Å². The average molecular weight is 508 g/mol. The predicted molar refractivity (Wildman–Crippen MR) is 139 cm³/mol. The Hall–Kier alpha value is -3.42. The van der Waals surface area contributed by atoms with Crippen LogP contribution in [0.1, 0.15) is 28.4 Å². The molecular weight excluding hydrogens is 486 g/mol. The van der Waals surface area contributed by atoms with Crippen molar-refractivity contribution in [1.29, 1.82) is 0 Å². The van der Waals surface area contributed by atoms with Crippen LogP contribution in [0.2, 0.25) is 5.02 Å². The zero-order valence-corrected chi connectivity index (χ0v) is 20.9. The zero-order chi connectivity index (χ0) is 24.7. The maximum atomic E-state index is 12.2. The Morgan fingerprint density at radius 2 is 1.86 bits per heavy atom. The lowest BCUT2D eigenvalue weighted by Gasteiger charge is -2.19. The monoisotopic (exact) mass is 507 g/mol. The number of aliphatic imine (C=N–C) groups is 1. The molecule has 0 spiro atoms. The summed E-state index contributed by atoms with van der Waals surface area (Å²) in [4.78, 5) is 18.1. The molecule has 8 heteroatoms. The molecule has 0 bridgehead atoms. The first kappa shape index (κ1) is 23.3. The molecule has 0 saturated carbocycles. The molecule has 0 saturated heterocycles. The molecule has 0 radical (unpaired) electrons. The summed E-state index contributed by atoms with van der Waals surface area (Å²) in [6, 6.07) is 16.1. The van der Waals surface area contributed by atoms with E-state index >= 15 is 0 Å². The van der Waals surface area contributed by atoms with Gasteiger partial charge >= 0.3 is 5.63 Å². The van der Waals surface area contributed by atoms with Crippen LogP contribution < -0.4 is 15.1 Å². The average Bonchev–Trinajstić information content (AvgIpc) is 3.02. The maximum absolute atomic E-state index is 12.2. The number of benzene rings is 3. The Kier molecular flexibility index (Phi) is 6.21. The normalized spacial score (nSPS) is 15.3. The van der Waals surface area contributed by atoms with E-state index in [4.69, 9.17) is 30.5 Å². The van der Waals surface area contributed by atoms with Crippen molar-refractivity contribution < 1.29 is 19.0 Å². The first-order valence-electron chi connectivity index (χ1n) is 10.9. The number of rotatable bonds is 4. The maximum Gasteiger partial charge on any atom is 0.336 e. The van der Waals surface area contributed by atoms with Crippen LogP contribution in [0.3, 0.4) is 0 Å². The van der Waals surface area contributed by atoms with E-state index in [1.165, 1.54) is 6.07 Å². The first-order chi connectivity index (χ1) is 16.9. The van der Waals surface area contributed by atoms with Crippen molar-refractivity contribution in [3.8, 4) is 17.2 Å². The quantitative estimate of drug-likeness (QED) is 0.305. The van der Waals surface area contributed by atoms with E-state index < -0.39 is 5.63 Å². The van der Waals surface area contributed by atoms with Crippen LogP contribution in [0.25, 0.3) is 11.0 Å². The van der Waals surface area contributed by atoms with Crippen LogP contribution in [0.4, 0.5) is 5.69 Å². The minimum atomic E-state index is -0.478. The Morgan fingerprint density at radius 1 is 1.06 bits per heavy atom. The number of fused-ring (bicyclic) bond motifs is 2. The van der Waals surface area contributed by atoms with E-state index in [1.807, 2.05) is 37.3 Å². The van der Waals surface area contributed by atoms with Crippen molar-refractivity contribution in [2.24, 2.45) is 4.99 Å². The van der Waals surface area contributed by atoms with Crippen LogP contribution >= 0.6 is 23.4 Å². The molecule has 3 aromatic carbocycles. The molecule has 1 unspecified atom stereocenters. The van der Waals surface area contributed by atoms with Gasteiger partial charge in [-0.15, -0.1) is 11.8 Å². The summed E-state index contributed by atoms with van der Waals surface area (Å²) in [6.07, 6.45) is 0.455. The van der Waals surface area contributed by atoms with Crippen LogP contribution in [0.15, 0.2) is 73.7 Å². The molecule has 1 aliphatic heterocycles. The standard InChI is InChI=1S/C27H22ClNO5S/c1-14-10-25(31)34-27-17(14)6-8-20(30)26(27)19-13-23(15-4-9-21(32-2)22(11-15)33-3)35-24-12-16(28)5-7-18(24)29-19/h4-12,23,30H,13H2,1-3H3. The van der Waals surface area contributed by atoms with E-state index in [0.717, 1.165) is 27.1 Å². The first-order valence-corrected chi connectivity index (χ1v) is 12.2. The van der Waals surface area contributed by atoms with Gasteiger partial charge in [0.25, 0.3) is 0 Å². The lowest BCUT2D eigenvalue weighted by molar-refractivity contribution is 0.354. The number of methoxy groups -OCH3 is 2. The van der Waals surface area contributed by atoms with E-state index in [-0.39, 0.29) is 11.0 Å². The number of hydrogen-bond acceptors (Lipinski definition) is 7. The third-order valence-electron chi connectivity index (χ3n) is 5.99. The summed E-state index contributed by atoms with van der Waals surface area (Å²) in [6.45, 7) is 1.84. The second kappa shape index (κ2) is 9.32. The number of phenolic OH excluding ortho intramolecular Hbond substituents is 1. The Morgan fingerprint density at radius 3 is 2.63 bits per heavy atom. The second-order valence-corrected chi connectivity index (χ2v) is 9.86. The van der Waals surface area contributed by atoms with Gasteiger partial charge < -0.3 is 19.0 Å². The van der Waals surface area contributed by atoms with Crippen LogP contribution in [-0.4, -0.2) is 25.0 Å². The molecule has 5 rings (SSSR count). The van der Waals surface area contributed by atoms with Gasteiger partial charge in [0.1, 0.15) is 5.75 Å². The topological polar surface area (TPSA) is 81.3 Å². The third kappa shape index (κ3) is 4.37. The summed E-state index contributed by atoms with van der Waals surface area (Å²) in [5.41, 5.74) is 3.35. The van der Waals surface area contributed by atoms with Gasteiger partial charge in [-0.3, -0.25) is 4.99 Å². The Labute approximate surface area is 211 Å². The van der Waals surface area contributed by atoms with Gasteiger partial charge in [0.15, 0.2) is 17.1 Å². The summed E-state index contributed by atoms with van der Waals surface area (Å²) < 4.78 is 16.5. The van der Waals surface area contributed by atoms with Crippen molar-refractivity contribution in [3.63, 3.8) is 0 Å². The van der Waals surface area contributed by atoms with E-state index in [2.05, 4.69) is 0 Å². The van der Waals surface area contributed by atoms with Gasteiger partial charge in [-0.25, -0.2) is 4.79 Å². The van der Waals surface area contributed by atoms with Crippen molar-refractivity contribution in [3.05, 3.63) is 86.7 Å². The molecule has 6 nitrogen and oxygen atoms in total. The van der Waals surface area contributed by atoms with Gasteiger partial charge in [-0.05, 0) is 60.5 Å². The lowest BCUT2D eigenvalue weighted by Crippen LogP contribution is -2.09. The highest BCUT2D eigenvalue weighted by molar-refractivity contribution is 7.99. The number of aryl methyl sites for hydroxylation is 1. The molecule has 0 fully saturated rings. The largest absolute Gasteiger partial charge is 0.507 e. The summed E-state index contributed by atoms with van der Waals surface area (Å²) in [7, 11) is 3.20. The minimum absolute atomic E-state index is 0.00141. The molecule has 1 aliphatic rings. The molecular formula is C27H22ClNO5S. The number of nitrogens with zero attached hydrogens (tertiary/aromatic N) is 1. The molecule has 1 aromatic heterocycles. The van der Waals surface area contributed by atoms with E-state index in [9.17, 15) is 9.90 Å². The molecule has 0 amide bonds. The fraction of sp³-hybridized carbons (Fsp3) is 0.185. The van der Waals surface area contributed by atoms with Gasteiger partial charge in [0.2, 0.25) is 0 Å². The minimum Gasteiger partial charge on any atom is -0.507 e. The Balaban J connectivity index is 1.73. The number of thioether (sulfide) groups is 1. The molecule has 1 N–H and O–H groups in total. The lowest BCUT2D eigenvalue weighted by atomic mass is 9.97. The van der Waals surface area contributed by atoms with Crippen molar-refractivity contribution in [2.75, 3.05) is 14.2 Å². The Bertz CT molecular complexity index is 1550. The molecule has 2 heterocycles. The van der Waals surface area contributed by atoms with Crippen molar-refractivity contribution in [2.45, 2.75) is 23.5 Å². The summed E-state index contributed by atoms with van der Waals surface area (Å²) in [5.74, 6) is 1.25. The fourth-order valence-electron chi connectivity index (χ4n) is 4.29. The summed E-state index contributed by atoms with van der Waals surface area (Å²) >= 11 is 7.94. The number of aromatic hydroxyl groups is 1. The number of phenols is 1. The van der Waals surface area contributed by atoms with E-state index in [0.29, 0.717) is 39.8 Å². The highest BCUT2D eigenvalue weighted by atomic mass is 35.5. The second-order valence-electron chi connectivity index (χ2n) is 8.18. The predicted octanol–water partition coefficient (Wildman–Crippen LogP) is 6.84. The summed E-state index contributed by atoms with van der Waals surface area (Å²) in [5, 5.41) is 12.2. The van der Waals surface area contributed by atoms with E-state index in [1.54, 1.807) is 44.2 Å². The fourth-order valence-corrected chi connectivity index (χ4v) is 5.78. The van der Waals surface area contributed by atoms with Gasteiger partial charge in [0, 0.05) is 33.0 Å². The number of hydrogen-bond donors (Lipinski definition) is 1. The molecule has 178 valence electrons. The molecule has 4 aromatic rings.